The van der Waals surface area contributed by atoms with E-state index >= 15 is 0 Å². The van der Waals surface area contributed by atoms with Crippen LogP contribution in [-0.4, -0.2) is 77.3 Å². The van der Waals surface area contributed by atoms with Crippen molar-refractivity contribution in [1.82, 2.24) is 19.8 Å². The highest BCUT2D eigenvalue weighted by Gasteiger charge is 2.47. The maximum atomic E-state index is 12.9. The third-order valence-electron chi connectivity index (χ3n) is 5.28. The fourth-order valence-electron chi connectivity index (χ4n) is 4.00. The number of carbonyl (C=O) groups is 1. The van der Waals surface area contributed by atoms with Gasteiger partial charge in [0.15, 0.2) is 9.84 Å². The maximum Gasteiger partial charge on any atom is 0.227 e. The van der Waals surface area contributed by atoms with E-state index in [-0.39, 0.29) is 41.9 Å². The van der Waals surface area contributed by atoms with Gasteiger partial charge in [-0.3, -0.25) is 9.69 Å². The molecule has 2 atom stereocenters. The molecule has 0 aromatic carbocycles. The molecule has 0 spiro atoms. The second kappa shape index (κ2) is 6.53. The van der Waals surface area contributed by atoms with Crippen LogP contribution in [0.2, 0.25) is 0 Å². The molecule has 2 fully saturated rings. The molecular weight excluding hydrogens is 342 g/mol. The predicted molar refractivity (Wildman–Crippen MR) is 94.8 cm³/mol. The number of carbonyl (C=O) groups excluding carboxylic acids is 1. The highest BCUT2D eigenvalue weighted by atomic mass is 32.2. The maximum absolute atomic E-state index is 12.9. The lowest BCUT2D eigenvalue weighted by atomic mass is 10.0. The van der Waals surface area contributed by atoms with E-state index in [1.54, 1.807) is 4.90 Å². The lowest BCUT2D eigenvalue weighted by molar-refractivity contribution is -0.136. The van der Waals surface area contributed by atoms with Crippen molar-refractivity contribution in [3.8, 4) is 0 Å². The number of fused-ring (bicyclic) bond motifs is 1. The van der Waals surface area contributed by atoms with E-state index in [1.165, 1.54) is 0 Å². The Balaban J connectivity index is 1.83. The molecule has 3 heterocycles. The standard InChI is InChI=1S/C16H25N5O3S/c1-4-20-5-6-21(14-9-25(23,24)8-13(14)20)15(22)7-12-10(2)18-16(17)19-11(12)3/h13-14H,4-9H2,1-3H3,(H2,17,18,19)/t13-,14+/m1/s1. The van der Waals surface area contributed by atoms with Crippen LogP contribution < -0.4 is 5.73 Å². The Hall–Kier alpha value is -1.74. The fraction of sp³-hybridized carbons (Fsp3) is 0.688. The van der Waals surface area contributed by atoms with E-state index < -0.39 is 9.84 Å². The summed E-state index contributed by atoms with van der Waals surface area (Å²) in [4.78, 5) is 25.1. The van der Waals surface area contributed by atoms with Crippen molar-refractivity contribution < 1.29 is 13.2 Å². The molecule has 0 aliphatic carbocycles. The topological polar surface area (TPSA) is 109 Å². The van der Waals surface area contributed by atoms with Crippen molar-refractivity contribution in [2.24, 2.45) is 0 Å². The molecule has 0 bridgehead atoms. The number of nitrogen functional groups attached to an aromatic ring is 1. The quantitative estimate of drug-likeness (QED) is 0.770. The number of likely N-dealkylation sites (N-methyl/N-ethyl adjacent to an activating group) is 1. The second-order valence-electron chi connectivity index (χ2n) is 6.84. The van der Waals surface area contributed by atoms with Crippen molar-refractivity contribution in [2.45, 2.75) is 39.3 Å². The van der Waals surface area contributed by atoms with Crippen LogP contribution in [0.5, 0.6) is 0 Å². The first-order chi connectivity index (χ1) is 11.7. The number of amides is 1. The van der Waals surface area contributed by atoms with Gasteiger partial charge < -0.3 is 10.6 Å². The Morgan fingerprint density at radius 2 is 1.76 bits per heavy atom. The number of nitrogens with zero attached hydrogens (tertiary/aromatic N) is 4. The summed E-state index contributed by atoms with van der Waals surface area (Å²) >= 11 is 0. The summed E-state index contributed by atoms with van der Waals surface area (Å²) in [5, 5.41) is 0. The Bertz CT molecular complexity index is 772. The second-order valence-corrected chi connectivity index (χ2v) is 8.99. The molecular formula is C16H25N5O3S. The van der Waals surface area contributed by atoms with Crippen LogP contribution in [0.1, 0.15) is 23.9 Å². The first-order valence-corrected chi connectivity index (χ1v) is 10.4. The number of hydrogen-bond acceptors (Lipinski definition) is 7. The number of aromatic nitrogens is 2. The molecule has 1 aromatic rings. The van der Waals surface area contributed by atoms with E-state index in [9.17, 15) is 13.2 Å². The minimum Gasteiger partial charge on any atom is -0.368 e. The van der Waals surface area contributed by atoms with Crippen molar-refractivity contribution >= 4 is 21.7 Å². The summed E-state index contributed by atoms with van der Waals surface area (Å²) in [5.74, 6) is 0.321. The molecule has 138 valence electrons. The third kappa shape index (κ3) is 3.48. The minimum atomic E-state index is -3.11. The third-order valence-corrected chi connectivity index (χ3v) is 6.98. The van der Waals surface area contributed by atoms with Gasteiger partial charge in [0, 0.05) is 36.1 Å². The Morgan fingerprint density at radius 3 is 2.36 bits per heavy atom. The summed E-state index contributed by atoms with van der Waals surface area (Å²) in [6.45, 7) is 7.70. The summed E-state index contributed by atoms with van der Waals surface area (Å²) in [7, 11) is -3.11. The highest BCUT2D eigenvalue weighted by Crippen LogP contribution is 2.27. The zero-order valence-corrected chi connectivity index (χ0v) is 15.7. The molecule has 9 heteroatoms. The van der Waals surface area contributed by atoms with Crippen LogP contribution in [-0.2, 0) is 21.1 Å². The molecule has 1 aromatic heterocycles. The van der Waals surface area contributed by atoms with Crippen LogP contribution in [0.4, 0.5) is 5.95 Å². The average molecular weight is 367 g/mol. The number of aryl methyl sites for hydroxylation is 2. The Kier molecular flexibility index (Phi) is 4.72. The van der Waals surface area contributed by atoms with Crippen LogP contribution >= 0.6 is 0 Å². The molecule has 3 rings (SSSR count). The van der Waals surface area contributed by atoms with Gasteiger partial charge in [0.1, 0.15) is 0 Å². The Labute approximate surface area is 148 Å². The Morgan fingerprint density at radius 1 is 1.16 bits per heavy atom. The first-order valence-electron chi connectivity index (χ1n) is 8.55. The molecule has 2 saturated heterocycles. The molecule has 8 nitrogen and oxygen atoms in total. The molecule has 2 N–H and O–H groups in total. The van der Waals surface area contributed by atoms with E-state index in [0.717, 1.165) is 12.1 Å². The van der Waals surface area contributed by atoms with E-state index in [1.807, 2.05) is 20.8 Å². The summed E-state index contributed by atoms with van der Waals surface area (Å²) in [5.41, 5.74) is 7.81. The zero-order chi connectivity index (χ0) is 18.4. The lowest BCUT2D eigenvalue weighted by Crippen LogP contribution is -2.60. The van der Waals surface area contributed by atoms with E-state index in [0.29, 0.717) is 24.5 Å². The van der Waals surface area contributed by atoms with Crippen LogP contribution in [0, 0.1) is 13.8 Å². The SMILES string of the molecule is CCN1CCN(C(=O)Cc2c(C)nc(N)nc2C)[C@H]2CS(=O)(=O)C[C@H]21. The van der Waals surface area contributed by atoms with Crippen molar-refractivity contribution in [3.63, 3.8) is 0 Å². The monoisotopic (exact) mass is 367 g/mol. The first kappa shape index (κ1) is 18.1. The number of nitrogens with two attached hydrogens (primary N) is 1. The van der Waals surface area contributed by atoms with E-state index in [2.05, 4.69) is 14.9 Å². The van der Waals surface area contributed by atoms with Gasteiger partial charge in [0.25, 0.3) is 0 Å². The highest BCUT2D eigenvalue weighted by molar-refractivity contribution is 7.91. The zero-order valence-electron chi connectivity index (χ0n) is 14.9. The lowest BCUT2D eigenvalue weighted by Gasteiger charge is -2.43. The van der Waals surface area contributed by atoms with Gasteiger partial charge in [0.05, 0.1) is 24.0 Å². The normalized spacial score (nSPS) is 25.8. The van der Waals surface area contributed by atoms with E-state index in [4.69, 9.17) is 5.73 Å². The average Bonchev–Trinajstić information content (AvgIpc) is 2.84. The van der Waals surface area contributed by atoms with Crippen LogP contribution in [0.15, 0.2) is 0 Å². The molecule has 0 saturated carbocycles. The van der Waals surface area contributed by atoms with Gasteiger partial charge in [-0.25, -0.2) is 18.4 Å². The van der Waals surface area contributed by atoms with Crippen LogP contribution in [0.3, 0.4) is 0 Å². The molecule has 25 heavy (non-hydrogen) atoms. The summed E-state index contributed by atoms with van der Waals surface area (Å²) in [6, 6.07) is -0.362. The molecule has 2 aliphatic rings. The molecule has 1 amide bonds. The van der Waals surface area contributed by atoms with Gasteiger partial charge in [0.2, 0.25) is 11.9 Å². The number of rotatable bonds is 3. The smallest absolute Gasteiger partial charge is 0.227 e. The van der Waals surface area contributed by atoms with Crippen molar-refractivity contribution in [3.05, 3.63) is 17.0 Å². The van der Waals surface area contributed by atoms with Gasteiger partial charge in [-0.1, -0.05) is 6.92 Å². The predicted octanol–water partition coefficient (Wildman–Crippen LogP) is -0.452. The number of anilines is 1. The summed E-state index contributed by atoms with van der Waals surface area (Å²) < 4.78 is 24.3. The number of sulfone groups is 1. The van der Waals surface area contributed by atoms with Crippen LogP contribution in [0.25, 0.3) is 0 Å². The largest absolute Gasteiger partial charge is 0.368 e. The van der Waals surface area contributed by atoms with Gasteiger partial charge in [-0.05, 0) is 20.4 Å². The van der Waals surface area contributed by atoms with Gasteiger partial charge >= 0.3 is 0 Å². The minimum absolute atomic E-state index is 0.0517. The van der Waals surface area contributed by atoms with Gasteiger partial charge in [-0.2, -0.15) is 0 Å². The van der Waals surface area contributed by atoms with Crippen molar-refractivity contribution in [2.75, 3.05) is 36.9 Å². The summed E-state index contributed by atoms with van der Waals surface area (Å²) in [6.07, 6.45) is 0.174. The molecule has 2 aliphatic heterocycles. The molecule has 0 unspecified atom stereocenters. The molecule has 0 radical (unpaired) electrons. The number of hydrogen-bond donors (Lipinski definition) is 1. The van der Waals surface area contributed by atoms with Crippen molar-refractivity contribution in [1.29, 1.82) is 0 Å². The fourth-order valence-corrected chi connectivity index (χ4v) is 6.01. The number of piperazine rings is 1. The van der Waals surface area contributed by atoms with Gasteiger partial charge in [-0.15, -0.1) is 0 Å².